The lowest BCUT2D eigenvalue weighted by Gasteiger charge is -2.35. The third-order valence-electron chi connectivity index (χ3n) is 3.77. The van der Waals surface area contributed by atoms with Gasteiger partial charge in [0.15, 0.2) is 0 Å². The molecule has 1 saturated carbocycles. The molecule has 17 heavy (non-hydrogen) atoms. The Morgan fingerprint density at radius 1 is 1.35 bits per heavy atom. The highest BCUT2D eigenvalue weighted by Crippen LogP contribution is 2.27. The third-order valence-corrected chi connectivity index (χ3v) is 3.77. The summed E-state index contributed by atoms with van der Waals surface area (Å²) in [4.78, 5) is 10.9. The fourth-order valence-corrected chi connectivity index (χ4v) is 2.18. The van der Waals surface area contributed by atoms with Gasteiger partial charge in [-0.25, -0.2) is 9.97 Å². The van der Waals surface area contributed by atoms with Gasteiger partial charge < -0.3 is 15.5 Å². The maximum Gasteiger partial charge on any atom is 0.134 e. The quantitative estimate of drug-likeness (QED) is 0.807. The molecule has 92 valence electrons. The van der Waals surface area contributed by atoms with Crippen molar-refractivity contribution in [2.75, 3.05) is 30.4 Å². The summed E-state index contributed by atoms with van der Waals surface area (Å²) in [5.74, 6) is 1.96. The van der Waals surface area contributed by atoms with Gasteiger partial charge >= 0.3 is 0 Å². The lowest BCUT2D eigenvalue weighted by Crippen LogP contribution is -2.51. The molecular formula is C12H19N5. The molecule has 1 aliphatic carbocycles. The molecule has 0 bridgehead atoms. The molecule has 0 aromatic carbocycles. The Balaban J connectivity index is 1.68. The van der Waals surface area contributed by atoms with Crippen LogP contribution in [0, 0.1) is 0 Å². The lowest BCUT2D eigenvalue weighted by molar-refractivity contribution is 0.399. The second kappa shape index (κ2) is 4.49. The first-order valence-electron chi connectivity index (χ1n) is 6.35. The predicted octanol–water partition coefficient (Wildman–Crippen LogP) is 0.849. The molecular weight excluding hydrogens is 214 g/mol. The Labute approximate surface area is 102 Å². The Bertz CT molecular complexity index is 386. The Hall–Kier alpha value is -1.36. The molecule has 0 unspecified atom stereocenters. The van der Waals surface area contributed by atoms with E-state index in [2.05, 4.69) is 38.6 Å². The minimum absolute atomic E-state index is 0.520. The normalized spacial score (nSPS) is 20.5. The van der Waals surface area contributed by atoms with Crippen LogP contribution in [0.3, 0.4) is 0 Å². The monoisotopic (exact) mass is 233 g/mol. The zero-order valence-corrected chi connectivity index (χ0v) is 10.2. The standard InChI is InChI=1S/C12H19N5/c1-17(10-3-2-4-10)12-5-11(14-8-15-12)16-9-6-13-7-9/h5,8-10,13H,2-4,6-7H2,1H3,(H,14,15,16). The van der Waals surface area contributed by atoms with Crippen molar-refractivity contribution in [3.63, 3.8) is 0 Å². The number of aromatic nitrogens is 2. The van der Waals surface area contributed by atoms with Crippen molar-refractivity contribution in [3.05, 3.63) is 12.4 Å². The molecule has 2 aliphatic rings. The maximum atomic E-state index is 4.35. The van der Waals surface area contributed by atoms with Gasteiger partial charge in [-0.2, -0.15) is 0 Å². The van der Waals surface area contributed by atoms with Crippen molar-refractivity contribution in [2.24, 2.45) is 0 Å². The van der Waals surface area contributed by atoms with Crippen LogP contribution in [0.25, 0.3) is 0 Å². The van der Waals surface area contributed by atoms with E-state index in [9.17, 15) is 0 Å². The van der Waals surface area contributed by atoms with Crippen LogP contribution in [0.15, 0.2) is 12.4 Å². The van der Waals surface area contributed by atoms with Crippen molar-refractivity contribution in [2.45, 2.75) is 31.3 Å². The van der Waals surface area contributed by atoms with Gasteiger partial charge in [0.25, 0.3) is 0 Å². The maximum absolute atomic E-state index is 4.35. The van der Waals surface area contributed by atoms with E-state index in [0.29, 0.717) is 12.1 Å². The fourth-order valence-electron chi connectivity index (χ4n) is 2.18. The van der Waals surface area contributed by atoms with E-state index >= 15 is 0 Å². The molecule has 3 rings (SSSR count). The van der Waals surface area contributed by atoms with E-state index in [1.807, 2.05) is 0 Å². The third kappa shape index (κ3) is 2.20. The summed E-state index contributed by atoms with van der Waals surface area (Å²) in [7, 11) is 2.13. The Kier molecular flexibility index (Phi) is 2.84. The minimum Gasteiger partial charge on any atom is -0.365 e. The molecule has 0 radical (unpaired) electrons. The molecule has 0 atom stereocenters. The molecule has 1 aromatic heterocycles. The van der Waals surface area contributed by atoms with Gasteiger partial charge in [-0.1, -0.05) is 0 Å². The molecule has 0 spiro atoms. The van der Waals surface area contributed by atoms with Crippen LogP contribution in [-0.4, -0.2) is 42.2 Å². The molecule has 0 amide bonds. The summed E-state index contributed by atoms with van der Waals surface area (Å²) in [6.07, 6.45) is 5.57. The van der Waals surface area contributed by atoms with Crippen LogP contribution in [-0.2, 0) is 0 Å². The lowest BCUT2D eigenvalue weighted by atomic mass is 9.92. The van der Waals surface area contributed by atoms with Gasteiger partial charge in [0, 0.05) is 32.2 Å². The Morgan fingerprint density at radius 3 is 2.76 bits per heavy atom. The van der Waals surface area contributed by atoms with Crippen LogP contribution < -0.4 is 15.5 Å². The van der Waals surface area contributed by atoms with Gasteiger partial charge in [-0.3, -0.25) is 0 Å². The van der Waals surface area contributed by atoms with E-state index in [1.165, 1.54) is 19.3 Å². The number of nitrogens with zero attached hydrogens (tertiary/aromatic N) is 3. The zero-order chi connectivity index (χ0) is 11.7. The number of hydrogen-bond acceptors (Lipinski definition) is 5. The van der Waals surface area contributed by atoms with Gasteiger partial charge in [0.1, 0.15) is 18.0 Å². The summed E-state index contributed by atoms with van der Waals surface area (Å²) in [5, 5.41) is 6.65. The van der Waals surface area contributed by atoms with E-state index in [1.54, 1.807) is 6.33 Å². The van der Waals surface area contributed by atoms with Crippen molar-refractivity contribution in [1.29, 1.82) is 0 Å². The van der Waals surface area contributed by atoms with Crippen LogP contribution in [0.4, 0.5) is 11.6 Å². The number of rotatable bonds is 4. The van der Waals surface area contributed by atoms with Gasteiger partial charge in [0.05, 0.1) is 6.04 Å². The van der Waals surface area contributed by atoms with Gasteiger partial charge in [0.2, 0.25) is 0 Å². The number of nitrogens with one attached hydrogen (secondary N) is 2. The topological polar surface area (TPSA) is 53.1 Å². The molecule has 1 aromatic rings. The van der Waals surface area contributed by atoms with Gasteiger partial charge in [-0.05, 0) is 19.3 Å². The average Bonchev–Trinajstić information content (AvgIpc) is 2.21. The first kappa shape index (κ1) is 10.8. The molecule has 2 heterocycles. The molecule has 1 saturated heterocycles. The largest absolute Gasteiger partial charge is 0.365 e. The molecule has 2 fully saturated rings. The van der Waals surface area contributed by atoms with Crippen LogP contribution in [0.1, 0.15) is 19.3 Å². The zero-order valence-electron chi connectivity index (χ0n) is 10.2. The number of anilines is 2. The van der Waals surface area contributed by atoms with Gasteiger partial charge in [-0.15, -0.1) is 0 Å². The van der Waals surface area contributed by atoms with Crippen LogP contribution >= 0.6 is 0 Å². The SMILES string of the molecule is CN(c1cc(NC2CNC2)ncn1)C1CCC1. The molecule has 5 nitrogen and oxygen atoms in total. The summed E-state index contributed by atoms with van der Waals surface area (Å²) in [6, 6.07) is 3.24. The first-order chi connectivity index (χ1) is 8.33. The van der Waals surface area contributed by atoms with E-state index < -0.39 is 0 Å². The summed E-state index contributed by atoms with van der Waals surface area (Å²) in [5.41, 5.74) is 0. The second-order valence-electron chi connectivity index (χ2n) is 4.96. The van der Waals surface area contributed by atoms with E-state index in [-0.39, 0.29) is 0 Å². The predicted molar refractivity (Wildman–Crippen MR) is 68.4 cm³/mol. The molecule has 5 heteroatoms. The smallest absolute Gasteiger partial charge is 0.134 e. The van der Waals surface area contributed by atoms with Crippen molar-refractivity contribution in [1.82, 2.24) is 15.3 Å². The average molecular weight is 233 g/mol. The first-order valence-corrected chi connectivity index (χ1v) is 6.35. The van der Waals surface area contributed by atoms with E-state index in [0.717, 1.165) is 24.7 Å². The number of hydrogen-bond donors (Lipinski definition) is 2. The highest BCUT2D eigenvalue weighted by Gasteiger charge is 2.23. The van der Waals surface area contributed by atoms with E-state index in [4.69, 9.17) is 0 Å². The molecule has 2 N–H and O–H groups in total. The Morgan fingerprint density at radius 2 is 2.18 bits per heavy atom. The van der Waals surface area contributed by atoms with Crippen molar-refractivity contribution in [3.8, 4) is 0 Å². The summed E-state index contributed by atoms with van der Waals surface area (Å²) < 4.78 is 0. The minimum atomic E-state index is 0.520. The van der Waals surface area contributed by atoms with Crippen molar-refractivity contribution < 1.29 is 0 Å². The summed E-state index contributed by atoms with van der Waals surface area (Å²) in [6.45, 7) is 2.05. The summed E-state index contributed by atoms with van der Waals surface area (Å²) >= 11 is 0. The molecule has 1 aliphatic heterocycles. The highest BCUT2D eigenvalue weighted by atomic mass is 15.2. The highest BCUT2D eigenvalue weighted by molar-refractivity contribution is 5.49. The van der Waals surface area contributed by atoms with Crippen molar-refractivity contribution >= 4 is 11.6 Å². The fraction of sp³-hybridized carbons (Fsp3) is 0.667. The van der Waals surface area contributed by atoms with Crippen LogP contribution in [0.5, 0.6) is 0 Å². The second-order valence-corrected chi connectivity index (χ2v) is 4.96. The van der Waals surface area contributed by atoms with Crippen LogP contribution in [0.2, 0.25) is 0 Å².